The molecule has 3 aromatic carbocycles. The summed E-state index contributed by atoms with van der Waals surface area (Å²) in [6.45, 7) is 5.90. The molecule has 0 radical (unpaired) electrons. The second-order valence-electron chi connectivity index (χ2n) is 7.20. The molecule has 0 saturated carbocycles. The van der Waals surface area contributed by atoms with Crippen LogP contribution in [0.5, 0.6) is 5.75 Å². The summed E-state index contributed by atoms with van der Waals surface area (Å²) in [5.74, 6) is 0.256. The topological polar surface area (TPSA) is 88.1 Å². The van der Waals surface area contributed by atoms with Crippen LogP contribution in [0.15, 0.2) is 95.4 Å². The van der Waals surface area contributed by atoms with Gasteiger partial charge in [0.05, 0.1) is 16.8 Å². The summed E-state index contributed by atoms with van der Waals surface area (Å²) >= 11 is 0. The quantitative estimate of drug-likeness (QED) is 0.293. The van der Waals surface area contributed by atoms with Crippen LogP contribution in [0.1, 0.15) is 21.5 Å². The van der Waals surface area contributed by atoms with Crippen molar-refractivity contribution in [1.82, 2.24) is 5.43 Å². The number of aryl methyl sites for hydroxylation is 1. The first-order valence-electron chi connectivity index (χ1n) is 10.1. The molecule has 0 fully saturated rings. The molecular weight excluding hydrogens is 438 g/mol. The Morgan fingerprint density at radius 2 is 1.79 bits per heavy atom. The average Bonchev–Trinajstić information content (AvgIpc) is 2.83. The van der Waals surface area contributed by atoms with Gasteiger partial charge in [0.25, 0.3) is 15.9 Å². The molecule has 0 aliphatic carbocycles. The zero-order chi connectivity index (χ0) is 23.8. The van der Waals surface area contributed by atoms with Gasteiger partial charge < -0.3 is 4.74 Å². The SMILES string of the molecule is C=CCOc1cccc(/C=N\NC(=O)c2ccc(N(C)S(=O)(=O)c3ccc(C)cc3)cc2)c1. The van der Waals surface area contributed by atoms with Gasteiger partial charge in [-0.1, -0.05) is 42.5 Å². The Morgan fingerprint density at radius 1 is 1.09 bits per heavy atom. The first kappa shape index (κ1) is 23.7. The van der Waals surface area contributed by atoms with Crippen LogP contribution in [0.2, 0.25) is 0 Å². The zero-order valence-corrected chi connectivity index (χ0v) is 19.2. The van der Waals surface area contributed by atoms with Gasteiger partial charge >= 0.3 is 0 Å². The maximum atomic E-state index is 12.8. The molecule has 8 heteroatoms. The zero-order valence-electron chi connectivity index (χ0n) is 18.4. The van der Waals surface area contributed by atoms with Crippen LogP contribution in [0, 0.1) is 6.92 Å². The van der Waals surface area contributed by atoms with Gasteiger partial charge in [0, 0.05) is 12.6 Å². The molecule has 0 atom stereocenters. The van der Waals surface area contributed by atoms with Gasteiger partial charge in [-0.2, -0.15) is 5.10 Å². The van der Waals surface area contributed by atoms with Crippen LogP contribution in [0.4, 0.5) is 5.69 Å². The highest BCUT2D eigenvalue weighted by Crippen LogP contribution is 2.22. The van der Waals surface area contributed by atoms with Crippen molar-refractivity contribution in [3.05, 3.63) is 102 Å². The lowest BCUT2D eigenvalue weighted by Gasteiger charge is -2.19. The third kappa shape index (κ3) is 6.08. The lowest BCUT2D eigenvalue weighted by molar-refractivity contribution is 0.0955. The monoisotopic (exact) mass is 463 g/mol. The molecular formula is C25H25N3O4S. The number of nitrogens with zero attached hydrogens (tertiary/aromatic N) is 2. The van der Waals surface area contributed by atoms with E-state index in [1.807, 2.05) is 25.1 Å². The van der Waals surface area contributed by atoms with E-state index in [0.717, 1.165) is 11.1 Å². The molecule has 0 saturated heterocycles. The maximum absolute atomic E-state index is 12.8. The van der Waals surface area contributed by atoms with E-state index in [2.05, 4.69) is 17.1 Å². The van der Waals surface area contributed by atoms with Crippen molar-refractivity contribution in [2.24, 2.45) is 5.10 Å². The molecule has 3 aromatic rings. The second-order valence-corrected chi connectivity index (χ2v) is 9.17. The molecule has 3 rings (SSSR count). The smallest absolute Gasteiger partial charge is 0.271 e. The fourth-order valence-electron chi connectivity index (χ4n) is 2.90. The Morgan fingerprint density at radius 3 is 2.45 bits per heavy atom. The standard InChI is InChI=1S/C25H25N3O4S/c1-4-16-32-23-7-5-6-20(17-23)18-26-27-25(29)21-10-12-22(13-11-21)28(3)33(30,31)24-14-8-19(2)9-15-24/h4-15,17-18H,1,16H2,2-3H3,(H,27,29)/b26-18-. The second kappa shape index (κ2) is 10.6. The van der Waals surface area contributed by atoms with E-state index < -0.39 is 15.9 Å². The largest absolute Gasteiger partial charge is 0.490 e. The summed E-state index contributed by atoms with van der Waals surface area (Å²) in [5.41, 5.74) is 4.98. The minimum atomic E-state index is -3.70. The van der Waals surface area contributed by atoms with Crippen molar-refractivity contribution in [2.45, 2.75) is 11.8 Å². The summed E-state index contributed by atoms with van der Waals surface area (Å²) in [5, 5.41) is 3.98. The molecule has 170 valence electrons. The predicted molar refractivity (Wildman–Crippen MR) is 130 cm³/mol. The highest BCUT2D eigenvalue weighted by atomic mass is 32.2. The molecule has 0 aliphatic heterocycles. The molecule has 0 spiro atoms. The molecule has 7 nitrogen and oxygen atoms in total. The lowest BCUT2D eigenvalue weighted by Crippen LogP contribution is -2.26. The van der Waals surface area contributed by atoms with Gasteiger partial charge in [-0.25, -0.2) is 13.8 Å². The van der Waals surface area contributed by atoms with Crippen molar-refractivity contribution in [2.75, 3.05) is 18.0 Å². The number of amides is 1. The summed E-state index contributed by atoms with van der Waals surface area (Å²) in [4.78, 5) is 12.6. The van der Waals surface area contributed by atoms with Gasteiger partial charge in [-0.3, -0.25) is 9.10 Å². The van der Waals surface area contributed by atoms with Crippen molar-refractivity contribution >= 4 is 27.8 Å². The summed E-state index contributed by atoms with van der Waals surface area (Å²) in [6.07, 6.45) is 3.16. The Kier molecular flexibility index (Phi) is 7.63. The molecule has 1 N–H and O–H groups in total. The van der Waals surface area contributed by atoms with Crippen molar-refractivity contribution in [1.29, 1.82) is 0 Å². The van der Waals surface area contributed by atoms with E-state index >= 15 is 0 Å². The van der Waals surface area contributed by atoms with E-state index in [-0.39, 0.29) is 4.90 Å². The molecule has 0 aliphatic rings. The maximum Gasteiger partial charge on any atom is 0.271 e. The number of anilines is 1. The fourth-order valence-corrected chi connectivity index (χ4v) is 4.10. The molecule has 0 aromatic heterocycles. The van der Waals surface area contributed by atoms with Crippen LogP contribution in [0.25, 0.3) is 0 Å². The summed E-state index contributed by atoms with van der Waals surface area (Å²) in [7, 11) is -2.23. The molecule has 33 heavy (non-hydrogen) atoms. The first-order valence-corrected chi connectivity index (χ1v) is 11.6. The third-order valence-corrected chi connectivity index (χ3v) is 6.58. The molecule has 1 amide bonds. The van der Waals surface area contributed by atoms with E-state index in [1.54, 1.807) is 60.7 Å². The number of rotatable bonds is 9. The number of ether oxygens (including phenoxy) is 1. The number of hydrogen-bond donors (Lipinski definition) is 1. The molecule has 0 bridgehead atoms. The molecule has 0 unspecified atom stereocenters. The number of carbonyl (C=O) groups is 1. The number of benzene rings is 3. The Labute approximate surface area is 194 Å². The van der Waals surface area contributed by atoms with E-state index in [9.17, 15) is 13.2 Å². The Balaban J connectivity index is 1.64. The highest BCUT2D eigenvalue weighted by Gasteiger charge is 2.21. The minimum absolute atomic E-state index is 0.200. The third-order valence-electron chi connectivity index (χ3n) is 4.78. The summed E-state index contributed by atoms with van der Waals surface area (Å²) < 4.78 is 32.3. The average molecular weight is 464 g/mol. The number of hydrogen-bond acceptors (Lipinski definition) is 5. The van der Waals surface area contributed by atoms with Gasteiger partial charge in [-0.15, -0.1) is 0 Å². The van der Waals surface area contributed by atoms with E-state index in [0.29, 0.717) is 23.6 Å². The Hall–Kier alpha value is -3.91. The van der Waals surface area contributed by atoms with Crippen LogP contribution in [0.3, 0.4) is 0 Å². The van der Waals surface area contributed by atoms with Crippen molar-refractivity contribution in [3.63, 3.8) is 0 Å². The van der Waals surface area contributed by atoms with Gasteiger partial charge in [0.1, 0.15) is 12.4 Å². The van der Waals surface area contributed by atoms with Crippen LogP contribution in [-0.2, 0) is 10.0 Å². The van der Waals surface area contributed by atoms with Crippen molar-refractivity contribution in [3.8, 4) is 5.75 Å². The number of carbonyl (C=O) groups excluding carboxylic acids is 1. The number of hydrazone groups is 1. The van der Waals surface area contributed by atoms with Crippen LogP contribution in [-0.4, -0.2) is 34.2 Å². The normalized spacial score (nSPS) is 11.2. The van der Waals surface area contributed by atoms with Crippen LogP contribution >= 0.6 is 0 Å². The van der Waals surface area contributed by atoms with Gasteiger partial charge in [-0.05, 0) is 61.0 Å². The minimum Gasteiger partial charge on any atom is -0.490 e. The van der Waals surface area contributed by atoms with Gasteiger partial charge in [0.15, 0.2) is 0 Å². The van der Waals surface area contributed by atoms with E-state index in [1.165, 1.54) is 17.6 Å². The highest BCUT2D eigenvalue weighted by molar-refractivity contribution is 7.92. The summed E-state index contributed by atoms with van der Waals surface area (Å²) in [6, 6.07) is 20.1. The van der Waals surface area contributed by atoms with E-state index in [4.69, 9.17) is 4.74 Å². The number of nitrogens with one attached hydrogen (secondary N) is 1. The van der Waals surface area contributed by atoms with Crippen LogP contribution < -0.4 is 14.5 Å². The lowest BCUT2D eigenvalue weighted by atomic mass is 10.2. The Bertz CT molecular complexity index is 1250. The van der Waals surface area contributed by atoms with Gasteiger partial charge in [0.2, 0.25) is 0 Å². The fraction of sp³-hybridized carbons (Fsp3) is 0.120. The first-order chi connectivity index (χ1) is 15.8. The predicted octanol–water partition coefficient (Wildman–Crippen LogP) is 4.15. The number of sulfonamides is 1. The van der Waals surface area contributed by atoms with Crippen molar-refractivity contribution < 1.29 is 17.9 Å². The molecule has 0 heterocycles.